The summed E-state index contributed by atoms with van der Waals surface area (Å²) in [7, 11) is 1.64. The molecule has 0 aromatic heterocycles. The summed E-state index contributed by atoms with van der Waals surface area (Å²) >= 11 is 0. The Labute approximate surface area is 125 Å². The lowest BCUT2D eigenvalue weighted by atomic mass is 10.0. The lowest BCUT2D eigenvalue weighted by Crippen LogP contribution is -2.32. The maximum atomic E-state index is 13.6. The highest BCUT2D eigenvalue weighted by molar-refractivity contribution is 5.29. The van der Waals surface area contributed by atoms with Crippen molar-refractivity contribution in [1.29, 1.82) is 0 Å². The summed E-state index contributed by atoms with van der Waals surface area (Å²) in [6.07, 6.45) is 3.57. The Bertz CT molecular complexity index is 447. The molecule has 118 valence electrons. The molecule has 1 aromatic carbocycles. The van der Waals surface area contributed by atoms with Crippen LogP contribution in [0.15, 0.2) is 18.2 Å². The van der Waals surface area contributed by atoms with Crippen molar-refractivity contribution in [3.05, 3.63) is 29.6 Å². The summed E-state index contributed by atoms with van der Waals surface area (Å²) < 4.78 is 24.1. The minimum absolute atomic E-state index is 0.229. The van der Waals surface area contributed by atoms with Crippen LogP contribution < -0.4 is 10.1 Å². The molecule has 1 saturated carbocycles. The minimum Gasteiger partial charge on any atom is -0.490 e. The molecule has 0 unspecified atom stereocenters. The van der Waals surface area contributed by atoms with Crippen LogP contribution in [-0.2, 0) is 11.3 Å². The second kappa shape index (κ2) is 7.73. The molecule has 1 fully saturated rings. The van der Waals surface area contributed by atoms with Crippen LogP contribution in [0.3, 0.4) is 0 Å². The van der Waals surface area contributed by atoms with E-state index >= 15 is 0 Å². The molecule has 0 radical (unpaired) electrons. The molecule has 0 spiro atoms. The van der Waals surface area contributed by atoms with Gasteiger partial charge in [0.05, 0.1) is 12.2 Å². The van der Waals surface area contributed by atoms with E-state index in [1.165, 1.54) is 12.1 Å². The molecular weight excluding hydrogens is 273 g/mol. The van der Waals surface area contributed by atoms with Gasteiger partial charge in [-0.1, -0.05) is 12.8 Å². The van der Waals surface area contributed by atoms with Crippen molar-refractivity contribution in [2.75, 3.05) is 26.9 Å². The average Bonchev–Trinajstić information content (AvgIpc) is 2.89. The van der Waals surface area contributed by atoms with Gasteiger partial charge in [0.1, 0.15) is 18.2 Å². The first-order valence-corrected chi connectivity index (χ1v) is 7.46. The number of hydrogen-bond acceptors (Lipinski definition) is 4. The fraction of sp³-hybridized carbons (Fsp3) is 0.625. The zero-order chi connectivity index (χ0) is 15.1. The fourth-order valence-corrected chi connectivity index (χ4v) is 2.61. The molecule has 1 aromatic rings. The van der Waals surface area contributed by atoms with Crippen molar-refractivity contribution in [2.24, 2.45) is 0 Å². The van der Waals surface area contributed by atoms with E-state index in [1.54, 1.807) is 13.2 Å². The smallest absolute Gasteiger partial charge is 0.127 e. The summed E-state index contributed by atoms with van der Waals surface area (Å²) in [5, 5.41) is 13.4. The second-order valence-corrected chi connectivity index (χ2v) is 5.68. The molecule has 0 atom stereocenters. The van der Waals surface area contributed by atoms with Crippen molar-refractivity contribution >= 4 is 0 Å². The first-order chi connectivity index (χ1) is 10.1. The van der Waals surface area contributed by atoms with Crippen LogP contribution in [0.4, 0.5) is 4.39 Å². The highest BCUT2D eigenvalue weighted by atomic mass is 19.1. The number of ether oxygens (including phenoxy) is 2. The Kier molecular flexibility index (Phi) is 5.96. The zero-order valence-electron chi connectivity index (χ0n) is 12.5. The van der Waals surface area contributed by atoms with Gasteiger partial charge in [0, 0.05) is 26.3 Å². The predicted octanol–water partition coefficient (Wildman–Crippen LogP) is 2.25. The normalized spacial score (nSPS) is 17.1. The van der Waals surface area contributed by atoms with E-state index in [2.05, 4.69) is 5.32 Å². The van der Waals surface area contributed by atoms with Gasteiger partial charge in [0.2, 0.25) is 0 Å². The van der Waals surface area contributed by atoms with E-state index in [1.807, 2.05) is 0 Å². The number of benzene rings is 1. The summed E-state index contributed by atoms with van der Waals surface area (Å²) in [5.74, 6) is 0.147. The van der Waals surface area contributed by atoms with E-state index in [0.717, 1.165) is 31.2 Å². The molecule has 0 bridgehead atoms. The van der Waals surface area contributed by atoms with Gasteiger partial charge in [0.15, 0.2) is 0 Å². The van der Waals surface area contributed by atoms with Gasteiger partial charge in [-0.15, -0.1) is 0 Å². The van der Waals surface area contributed by atoms with Gasteiger partial charge in [-0.05, 0) is 30.5 Å². The number of hydrogen-bond donors (Lipinski definition) is 2. The number of rotatable bonds is 8. The second-order valence-electron chi connectivity index (χ2n) is 5.68. The van der Waals surface area contributed by atoms with Crippen molar-refractivity contribution in [3.8, 4) is 5.75 Å². The number of halogens is 1. The van der Waals surface area contributed by atoms with Gasteiger partial charge in [-0.25, -0.2) is 4.39 Å². The number of methoxy groups -OCH3 is 1. The Balaban J connectivity index is 1.88. The van der Waals surface area contributed by atoms with E-state index < -0.39 is 5.60 Å². The van der Waals surface area contributed by atoms with Crippen LogP contribution in [-0.4, -0.2) is 37.6 Å². The quantitative estimate of drug-likeness (QED) is 0.723. The van der Waals surface area contributed by atoms with E-state index in [0.29, 0.717) is 25.4 Å². The maximum absolute atomic E-state index is 13.6. The third-order valence-corrected chi connectivity index (χ3v) is 3.78. The van der Waals surface area contributed by atoms with Crippen LogP contribution in [0.1, 0.15) is 31.2 Å². The number of nitrogens with one attached hydrogen (secondary N) is 1. The van der Waals surface area contributed by atoms with Gasteiger partial charge in [-0.3, -0.25) is 0 Å². The van der Waals surface area contributed by atoms with Crippen LogP contribution in [0.5, 0.6) is 5.75 Å². The lowest BCUT2D eigenvalue weighted by Gasteiger charge is -2.22. The van der Waals surface area contributed by atoms with Crippen molar-refractivity contribution in [3.63, 3.8) is 0 Å². The highest BCUT2D eigenvalue weighted by Gasteiger charge is 2.31. The largest absolute Gasteiger partial charge is 0.490 e. The third kappa shape index (κ3) is 5.26. The van der Waals surface area contributed by atoms with E-state index in [-0.39, 0.29) is 12.4 Å². The standard InChI is InChI=1S/C16H24FNO3/c1-20-7-6-18-11-13-8-14(17)10-15(9-13)21-12-16(19)4-2-3-5-16/h8-10,18-19H,2-7,11-12H2,1H3. The van der Waals surface area contributed by atoms with Crippen LogP contribution in [0.2, 0.25) is 0 Å². The van der Waals surface area contributed by atoms with E-state index in [9.17, 15) is 9.50 Å². The molecule has 0 amide bonds. The molecule has 1 aliphatic carbocycles. The molecule has 0 heterocycles. The Morgan fingerprint density at radius 3 is 2.76 bits per heavy atom. The van der Waals surface area contributed by atoms with Crippen molar-refractivity contribution in [2.45, 2.75) is 37.8 Å². The topological polar surface area (TPSA) is 50.7 Å². The van der Waals surface area contributed by atoms with Gasteiger partial charge in [0.25, 0.3) is 0 Å². The Morgan fingerprint density at radius 2 is 2.05 bits per heavy atom. The lowest BCUT2D eigenvalue weighted by molar-refractivity contribution is 0.00129. The molecule has 4 nitrogen and oxygen atoms in total. The average molecular weight is 297 g/mol. The first kappa shape index (κ1) is 16.2. The highest BCUT2D eigenvalue weighted by Crippen LogP contribution is 2.30. The summed E-state index contributed by atoms with van der Waals surface area (Å²) in [5.41, 5.74) is 0.0722. The number of aliphatic hydroxyl groups is 1. The fourth-order valence-electron chi connectivity index (χ4n) is 2.61. The zero-order valence-corrected chi connectivity index (χ0v) is 12.5. The molecule has 1 aliphatic rings. The Hall–Kier alpha value is -1.17. The molecular formula is C16H24FNO3. The monoisotopic (exact) mass is 297 g/mol. The van der Waals surface area contributed by atoms with Gasteiger partial charge >= 0.3 is 0 Å². The predicted molar refractivity (Wildman–Crippen MR) is 78.9 cm³/mol. The van der Waals surface area contributed by atoms with Crippen LogP contribution in [0.25, 0.3) is 0 Å². The maximum Gasteiger partial charge on any atom is 0.127 e. The van der Waals surface area contributed by atoms with Crippen molar-refractivity contribution < 1.29 is 19.0 Å². The van der Waals surface area contributed by atoms with Gasteiger partial charge in [-0.2, -0.15) is 0 Å². The van der Waals surface area contributed by atoms with Gasteiger partial charge < -0.3 is 19.9 Å². The van der Waals surface area contributed by atoms with Crippen LogP contribution in [0, 0.1) is 5.82 Å². The molecule has 5 heteroatoms. The summed E-state index contributed by atoms with van der Waals surface area (Å²) in [4.78, 5) is 0. The SMILES string of the molecule is COCCNCc1cc(F)cc(OCC2(O)CCCC2)c1. The van der Waals surface area contributed by atoms with E-state index in [4.69, 9.17) is 9.47 Å². The van der Waals surface area contributed by atoms with Crippen LogP contribution >= 0.6 is 0 Å². The molecule has 2 N–H and O–H groups in total. The summed E-state index contributed by atoms with van der Waals surface area (Å²) in [6, 6.07) is 4.65. The third-order valence-electron chi connectivity index (χ3n) is 3.78. The molecule has 2 rings (SSSR count). The molecule has 21 heavy (non-hydrogen) atoms. The minimum atomic E-state index is -0.747. The summed E-state index contributed by atoms with van der Waals surface area (Å²) in [6.45, 7) is 2.11. The Morgan fingerprint density at radius 1 is 1.29 bits per heavy atom. The molecule has 0 aliphatic heterocycles. The molecule has 0 saturated heterocycles. The first-order valence-electron chi connectivity index (χ1n) is 7.46. The van der Waals surface area contributed by atoms with Crippen molar-refractivity contribution in [1.82, 2.24) is 5.32 Å².